The monoisotopic (exact) mass is 241 g/mol. The van der Waals surface area contributed by atoms with Gasteiger partial charge in [-0.25, -0.2) is 4.98 Å². The molecule has 3 heteroatoms. The van der Waals surface area contributed by atoms with E-state index in [1.807, 2.05) is 6.07 Å². The zero-order valence-electron chi connectivity index (χ0n) is 10.8. The first-order valence-corrected chi connectivity index (χ1v) is 6.63. The smallest absolute Gasteiger partial charge is 0.131 e. The molecule has 3 nitrogen and oxygen atoms in total. The molecule has 94 valence electrons. The number of anilines is 2. The molecule has 0 saturated carbocycles. The Balaban J connectivity index is 1.95. The van der Waals surface area contributed by atoms with Crippen LogP contribution in [0.3, 0.4) is 0 Å². The first-order valence-electron chi connectivity index (χ1n) is 6.63. The fourth-order valence-electron chi connectivity index (χ4n) is 2.64. The molecule has 1 aromatic carbocycles. The van der Waals surface area contributed by atoms with Crippen molar-refractivity contribution in [1.29, 1.82) is 0 Å². The van der Waals surface area contributed by atoms with Crippen LogP contribution in [0.2, 0.25) is 0 Å². The zero-order chi connectivity index (χ0) is 12.5. The molecule has 2 N–H and O–H groups in total. The summed E-state index contributed by atoms with van der Waals surface area (Å²) in [5.74, 6) is 1.48. The van der Waals surface area contributed by atoms with Crippen LogP contribution < -0.4 is 10.6 Å². The summed E-state index contributed by atoms with van der Waals surface area (Å²) < 4.78 is 0. The Hall–Kier alpha value is -1.77. The molecule has 0 spiro atoms. The van der Waals surface area contributed by atoms with Crippen LogP contribution in [0.15, 0.2) is 30.5 Å². The third-order valence-electron chi connectivity index (χ3n) is 3.93. The van der Waals surface area contributed by atoms with E-state index in [4.69, 9.17) is 5.73 Å². The predicted octanol–water partition coefficient (Wildman–Crippen LogP) is 3.05. The summed E-state index contributed by atoms with van der Waals surface area (Å²) in [6.45, 7) is 4.62. The minimum absolute atomic E-state index is 0.625. The van der Waals surface area contributed by atoms with Crippen LogP contribution in [0.25, 0.3) is 10.8 Å². The molecule has 0 unspecified atom stereocenters. The van der Waals surface area contributed by atoms with Gasteiger partial charge in [0, 0.05) is 30.4 Å². The SMILES string of the molecule is CC1CCN(c2ccc3ccnc(N)c3c2)CC1. The maximum Gasteiger partial charge on any atom is 0.131 e. The van der Waals surface area contributed by atoms with E-state index in [1.54, 1.807) is 6.20 Å². The summed E-state index contributed by atoms with van der Waals surface area (Å²) in [6, 6.07) is 8.51. The van der Waals surface area contributed by atoms with E-state index in [9.17, 15) is 0 Å². The summed E-state index contributed by atoms with van der Waals surface area (Å²) >= 11 is 0. The van der Waals surface area contributed by atoms with Gasteiger partial charge >= 0.3 is 0 Å². The molecule has 1 aliphatic heterocycles. The van der Waals surface area contributed by atoms with E-state index >= 15 is 0 Å². The molecule has 0 atom stereocenters. The van der Waals surface area contributed by atoms with Gasteiger partial charge in [-0.3, -0.25) is 0 Å². The molecule has 18 heavy (non-hydrogen) atoms. The Labute approximate surface area is 108 Å². The number of aromatic nitrogens is 1. The lowest BCUT2D eigenvalue weighted by Gasteiger charge is -2.32. The number of nitrogens with two attached hydrogens (primary N) is 1. The summed E-state index contributed by atoms with van der Waals surface area (Å²) in [5, 5.41) is 2.23. The van der Waals surface area contributed by atoms with Gasteiger partial charge in [0.15, 0.2) is 0 Å². The number of hydrogen-bond acceptors (Lipinski definition) is 3. The summed E-state index contributed by atoms with van der Waals surface area (Å²) in [6.07, 6.45) is 4.32. The lowest BCUT2D eigenvalue weighted by atomic mass is 9.98. The number of hydrogen-bond donors (Lipinski definition) is 1. The van der Waals surface area contributed by atoms with Crippen molar-refractivity contribution in [2.45, 2.75) is 19.8 Å². The molecule has 0 radical (unpaired) electrons. The van der Waals surface area contributed by atoms with E-state index in [1.165, 1.54) is 18.5 Å². The second-order valence-corrected chi connectivity index (χ2v) is 5.27. The molecule has 1 aliphatic rings. The van der Waals surface area contributed by atoms with E-state index in [-0.39, 0.29) is 0 Å². The van der Waals surface area contributed by atoms with Crippen molar-refractivity contribution in [2.75, 3.05) is 23.7 Å². The Bertz CT molecular complexity index is 557. The van der Waals surface area contributed by atoms with Gasteiger partial charge in [-0.05, 0) is 42.3 Å². The number of benzene rings is 1. The number of pyridine rings is 1. The summed E-state index contributed by atoms with van der Waals surface area (Å²) in [5.41, 5.74) is 7.22. The number of fused-ring (bicyclic) bond motifs is 1. The quantitative estimate of drug-likeness (QED) is 0.834. The second kappa shape index (κ2) is 4.48. The van der Waals surface area contributed by atoms with Crippen LogP contribution in [0.4, 0.5) is 11.5 Å². The average Bonchev–Trinajstić information content (AvgIpc) is 2.40. The molecule has 2 heterocycles. The topological polar surface area (TPSA) is 42.2 Å². The Morgan fingerprint density at radius 1 is 1.22 bits per heavy atom. The van der Waals surface area contributed by atoms with E-state index < -0.39 is 0 Å². The van der Waals surface area contributed by atoms with Crippen molar-refractivity contribution in [2.24, 2.45) is 5.92 Å². The maximum absolute atomic E-state index is 5.95. The van der Waals surface area contributed by atoms with Crippen LogP contribution in [-0.4, -0.2) is 18.1 Å². The molecule has 1 saturated heterocycles. The van der Waals surface area contributed by atoms with Gasteiger partial charge in [-0.1, -0.05) is 13.0 Å². The standard InChI is InChI=1S/C15H19N3/c1-11-5-8-18(9-6-11)13-3-2-12-4-7-17-15(16)14(12)10-13/h2-4,7,10-11H,5-6,8-9H2,1H3,(H2,16,17). The molecule has 0 bridgehead atoms. The zero-order valence-corrected chi connectivity index (χ0v) is 10.8. The molecule has 3 rings (SSSR count). The lowest BCUT2D eigenvalue weighted by molar-refractivity contribution is 0.438. The van der Waals surface area contributed by atoms with Gasteiger partial charge in [-0.15, -0.1) is 0 Å². The first-order chi connectivity index (χ1) is 8.74. The van der Waals surface area contributed by atoms with Gasteiger partial charge in [0.2, 0.25) is 0 Å². The second-order valence-electron chi connectivity index (χ2n) is 5.27. The number of rotatable bonds is 1. The van der Waals surface area contributed by atoms with Crippen molar-refractivity contribution >= 4 is 22.3 Å². The number of nitrogen functional groups attached to an aromatic ring is 1. The molecular weight excluding hydrogens is 222 g/mol. The molecule has 0 amide bonds. The molecule has 0 aliphatic carbocycles. The highest BCUT2D eigenvalue weighted by Crippen LogP contribution is 2.28. The van der Waals surface area contributed by atoms with Crippen molar-refractivity contribution in [1.82, 2.24) is 4.98 Å². The van der Waals surface area contributed by atoms with Crippen molar-refractivity contribution in [3.8, 4) is 0 Å². The molecular formula is C15H19N3. The highest BCUT2D eigenvalue weighted by atomic mass is 15.1. The minimum atomic E-state index is 0.625. The third-order valence-corrected chi connectivity index (χ3v) is 3.93. The molecule has 1 aromatic heterocycles. The minimum Gasteiger partial charge on any atom is -0.383 e. The number of piperidine rings is 1. The largest absolute Gasteiger partial charge is 0.383 e. The lowest BCUT2D eigenvalue weighted by Crippen LogP contribution is -2.32. The van der Waals surface area contributed by atoms with Crippen molar-refractivity contribution in [3.05, 3.63) is 30.5 Å². The normalized spacial score (nSPS) is 17.3. The fourth-order valence-corrected chi connectivity index (χ4v) is 2.64. The van der Waals surface area contributed by atoms with Crippen molar-refractivity contribution in [3.63, 3.8) is 0 Å². The van der Waals surface area contributed by atoms with Crippen LogP contribution in [0, 0.1) is 5.92 Å². The van der Waals surface area contributed by atoms with E-state index in [2.05, 4.69) is 35.0 Å². The van der Waals surface area contributed by atoms with Crippen LogP contribution in [0.5, 0.6) is 0 Å². The highest BCUT2D eigenvalue weighted by Gasteiger charge is 2.16. The van der Waals surface area contributed by atoms with E-state index in [0.717, 1.165) is 29.8 Å². The van der Waals surface area contributed by atoms with Gasteiger partial charge in [-0.2, -0.15) is 0 Å². The highest BCUT2D eigenvalue weighted by molar-refractivity contribution is 5.93. The van der Waals surface area contributed by atoms with E-state index in [0.29, 0.717) is 5.82 Å². The summed E-state index contributed by atoms with van der Waals surface area (Å²) in [4.78, 5) is 6.62. The van der Waals surface area contributed by atoms with Gasteiger partial charge in [0.25, 0.3) is 0 Å². The van der Waals surface area contributed by atoms with Crippen molar-refractivity contribution < 1.29 is 0 Å². The van der Waals surface area contributed by atoms with Crippen LogP contribution in [-0.2, 0) is 0 Å². The molecule has 2 aromatic rings. The predicted molar refractivity (Wildman–Crippen MR) is 76.8 cm³/mol. The average molecular weight is 241 g/mol. The molecule has 1 fully saturated rings. The first kappa shape index (κ1) is 11.3. The number of nitrogens with zero attached hydrogens (tertiary/aromatic N) is 2. The Morgan fingerprint density at radius 3 is 2.78 bits per heavy atom. The fraction of sp³-hybridized carbons (Fsp3) is 0.400. The van der Waals surface area contributed by atoms with Gasteiger partial charge < -0.3 is 10.6 Å². The van der Waals surface area contributed by atoms with Crippen LogP contribution >= 0.6 is 0 Å². The van der Waals surface area contributed by atoms with Crippen LogP contribution in [0.1, 0.15) is 19.8 Å². The Kier molecular flexibility index (Phi) is 2.82. The maximum atomic E-state index is 5.95. The van der Waals surface area contributed by atoms with Gasteiger partial charge in [0.05, 0.1) is 0 Å². The Morgan fingerprint density at radius 2 is 2.00 bits per heavy atom. The third kappa shape index (κ3) is 2.01. The summed E-state index contributed by atoms with van der Waals surface area (Å²) in [7, 11) is 0. The van der Waals surface area contributed by atoms with Gasteiger partial charge in [0.1, 0.15) is 5.82 Å².